The molecule has 0 bridgehead atoms. The van der Waals surface area contributed by atoms with E-state index >= 15 is 0 Å². The van der Waals surface area contributed by atoms with E-state index < -0.39 is 0 Å². The minimum absolute atomic E-state index is 0.0654. The van der Waals surface area contributed by atoms with E-state index in [0.717, 1.165) is 44.0 Å². The number of aliphatic hydroxyl groups is 1. The fourth-order valence-electron chi connectivity index (χ4n) is 2.37. The van der Waals surface area contributed by atoms with Crippen molar-refractivity contribution in [1.82, 2.24) is 9.97 Å². The van der Waals surface area contributed by atoms with Crippen LogP contribution in [-0.2, 0) is 0 Å². The summed E-state index contributed by atoms with van der Waals surface area (Å²) >= 11 is 0. The molecule has 1 aliphatic carbocycles. The third-order valence-corrected chi connectivity index (χ3v) is 3.58. The van der Waals surface area contributed by atoms with Crippen LogP contribution < -0.4 is 10.5 Å². The van der Waals surface area contributed by atoms with E-state index in [4.69, 9.17) is 5.11 Å². The predicted molar refractivity (Wildman–Crippen MR) is 64.2 cm³/mol. The molecule has 5 nitrogen and oxygen atoms in total. The minimum atomic E-state index is -0.0654. The zero-order valence-corrected chi connectivity index (χ0v) is 9.72. The Labute approximate surface area is 99.5 Å². The van der Waals surface area contributed by atoms with Gasteiger partial charge in [-0.05, 0) is 19.3 Å². The van der Waals surface area contributed by atoms with Gasteiger partial charge in [-0.15, -0.1) is 0 Å². The molecule has 1 saturated heterocycles. The molecular weight excluding hydrogens is 218 g/mol. The summed E-state index contributed by atoms with van der Waals surface area (Å²) < 4.78 is 0. The summed E-state index contributed by atoms with van der Waals surface area (Å²) in [5.74, 6) is 2.38. The Kier molecular flexibility index (Phi) is 2.63. The van der Waals surface area contributed by atoms with Gasteiger partial charge in [0.05, 0.1) is 0 Å². The number of aromatic amines is 1. The number of nitrogens with one attached hydrogen (secondary N) is 1. The van der Waals surface area contributed by atoms with Crippen LogP contribution in [0.4, 0.5) is 5.82 Å². The van der Waals surface area contributed by atoms with E-state index in [-0.39, 0.29) is 12.2 Å². The van der Waals surface area contributed by atoms with Gasteiger partial charge in [0, 0.05) is 37.6 Å². The molecule has 1 saturated carbocycles. The molecule has 2 fully saturated rings. The molecule has 0 amide bonds. The summed E-state index contributed by atoms with van der Waals surface area (Å²) in [6.45, 7) is 1.90. The van der Waals surface area contributed by atoms with Crippen LogP contribution >= 0.6 is 0 Å². The van der Waals surface area contributed by atoms with Crippen molar-refractivity contribution >= 4 is 5.82 Å². The lowest BCUT2D eigenvalue weighted by atomic mass is 10.1. The molecule has 1 aliphatic heterocycles. The molecule has 1 aromatic rings. The Morgan fingerprint density at radius 1 is 1.47 bits per heavy atom. The van der Waals surface area contributed by atoms with Gasteiger partial charge in [0.2, 0.25) is 0 Å². The molecular formula is C12H17N3O2. The van der Waals surface area contributed by atoms with Gasteiger partial charge in [0.1, 0.15) is 11.6 Å². The number of aliphatic hydroxyl groups excluding tert-OH is 1. The summed E-state index contributed by atoms with van der Waals surface area (Å²) in [7, 11) is 0. The molecule has 1 unspecified atom stereocenters. The molecule has 0 spiro atoms. The molecule has 2 N–H and O–H groups in total. The number of hydrogen-bond donors (Lipinski definition) is 2. The van der Waals surface area contributed by atoms with Crippen LogP contribution in [0, 0.1) is 5.92 Å². The molecule has 2 heterocycles. The standard InChI is InChI=1S/C12H17N3O2/c16-7-8-3-4-15(6-8)10-5-11(17)14-12(13-10)9-1-2-9/h5,8-9,16H,1-4,6-7H2,(H,13,14,17). The van der Waals surface area contributed by atoms with Gasteiger partial charge in [-0.3, -0.25) is 4.79 Å². The summed E-state index contributed by atoms with van der Waals surface area (Å²) in [6.07, 6.45) is 3.24. The summed E-state index contributed by atoms with van der Waals surface area (Å²) in [4.78, 5) is 21.0. The summed E-state index contributed by atoms with van der Waals surface area (Å²) in [5, 5.41) is 9.12. The molecule has 17 heavy (non-hydrogen) atoms. The van der Waals surface area contributed by atoms with Crippen LogP contribution in [0.3, 0.4) is 0 Å². The van der Waals surface area contributed by atoms with E-state index in [1.54, 1.807) is 6.07 Å². The quantitative estimate of drug-likeness (QED) is 0.799. The lowest BCUT2D eigenvalue weighted by Crippen LogP contribution is -2.24. The van der Waals surface area contributed by atoms with Crippen molar-refractivity contribution in [1.29, 1.82) is 0 Å². The number of hydrogen-bond acceptors (Lipinski definition) is 4. The zero-order valence-electron chi connectivity index (χ0n) is 9.72. The van der Waals surface area contributed by atoms with Crippen LogP contribution in [-0.4, -0.2) is 34.8 Å². The number of aromatic nitrogens is 2. The minimum Gasteiger partial charge on any atom is -0.396 e. The SMILES string of the molecule is O=c1cc(N2CCC(CO)C2)nc(C2CC2)[nH]1. The largest absolute Gasteiger partial charge is 0.396 e. The van der Waals surface area contributed by atoms with Crippen LogP contribution in [0.15, 0.2) is 10.9 Å². The number of H-pyrrole nitrogens is 1. The topological polar surface area (TPSA) is 69.2 Å². The van der Waals surface area contributed by atoms with Crippen molar-refractivity contribution in [2.24, 2.45) is 5.92 Å². The van der Waals surface area contributed by atoms with Crippen LogP contribution in [0.2, 0.25) is 0 Å². The third-order valence-electron chi connectivity index (χ3n) is 3.58. The lowest BCUT2D eigenvalue weighted by Gasteiger charge is -2.17. The zero-order chi connectivity index (χ0) is 11.8. The number of nitrogens with zero attached hydrogens (tertiary/aromatic N) is 2. The van der Waals surface area contributed by atoms with E-state index in [1.165, 1.54) is 0 Å². The summed E-state index contributed by atoms with van der Waals surface area (Å²) in [6, 6.07) is 1.56. The van der Waals surface area contributed by atoms with E-state index in [2.05, 4.69) is 14.9 Å². The molecule has 0 radical (unpaired) electrons. The maximum Gasteiger partial charge on any atom is 0.252 e. The van der Waals surface area contributed by atoms with Crippen molar-refractivity contribution in [3.8, 4) is 0 Å². The smallest absolute Gasteiger partial charge is 0.252 e. The second kappa shape index (κ2) is 4.14. The molecule has 2 aliphatic rings. The molecule has 5 heteroatoms. The molecule has 0 aromatic carbocycles. The highest BCUT2D eigenvalue weighted by Gasteiger charge is 2.28. The van der Waals surface area contributed by atoms with Crippen molar-refractivity contribution < 1.29 is 5.11 Å². The first-order chi connectivity index (χ1) is 8.26. The predicted octanol–water partition coefficient (Wildman–Crippen LogP) is 0.466. The van der Waals surface area contributed by atoms with Crippen LogP contribution in [0.1, 0.15) is 31.0 Å². The van der Waals surface area contributed by atoms with E-state index in [9.17, 15) is 4.79 Å². The average molecular weight is 235 g/mol. The maximum atomic E-state index is 11.6. The van der Waals surface area contributed by atoms with Gasteiger partial charge >= 0.3 is 0 Å². The van der Waals surface area contributed by atoms with Crippen molar-refractivity contribution in [3.63, 3.8) is 0 Å². The average Bonchev–Trinajstić information content (AvgIpc) is 3.06. The molecule has 3 rings (SSSR count). The van der Waals surface area contributed by atoms with Gasteiger partial charge in [-0.1, -0.05) is 0 Å². The second-order valence-electron chi connectivity index (χ2n) is 5.05. The Morgan fingerprint density at radius 3 is 2.94 bits per heavy atom. The Morgan fingerprint density at radius 2 is 2.29 bits per heavy atom. The fraction of sp³-hybridized carbons (Fsp3) is 0.667. The molecule has 1 aromatic heterocycles. The van der Waals surface area contributed by atoms with Crippen molar-refractivity contribution in [2.45, 2.75) is 25.2 Å². The first-order valence-corrected chi connectivity index (χ1v) is 6.23. The number of anilines is 1. The van der Waals surface area contributed by atoms with Gasteiger partial charge in [0.15, 0.2) is 0 Å². The summed E-state index contributed by atoms with van der Waals surface area (Å²) in [5.41, 5.74) is -0.0654. The van der Waals surface area contributed by atoms with E-state index in [1.807, 2.05) is 0 Å². The highest BCUT2D eigenvalue weighted by Crippen LogP contribution is 2.38. The van der Waals surface area contributed by atoms with Crippen LogP contribution in [0.25, 0.3) is 0 Å². The highest BCUT2D eigenvalue weighted by atomic mass is 16.3. The second-order valence-corrected chi connectivity index (χ2v) is 5.05. The Bertz CT molecular complexity index is 467. The first kappa shape index (κ1) is 10.8. The van der Waals surface area contributed by atoms with E-state index in [0.29, 0.717) is 11.8 Å². The molecule has 1 atom stereocenters. The lowest BCUT2D eigenvalue weighted by molar-refractivity contribution is 0.238. The maximum absolute atomic E-state index is 11.6. The normalized spacial score (nSPS) is 24.3. The van der Waals surface area contributed by atoms with Gasteiger partial charge in [-0.25, -0.2) is 4.98 Å². The Balaban J connectivity index is 1.85. The fourth-order valence-corrected chi connectivity index (χ4v) is 2.37. The van der Waals surface area contributed by atoms with Crippen molar-refractivity contribution in [3.05, 3.63) is 22.2 Å². The third kappa shape index (κ3) is 2.20. The highest BCUT2D eigenvalue weighted by molar-refractivity contribution is 5.39. The first-order valence-electron chi connectivity index (χ1n) is 6.23. The van der Waals surface area contributed by atoms with Gasteiger partial charge < -0.3 is 15.0 Å². The monoisotopic (exact) mass is 235 g/mol. The van der Waals surface area contributed by atoms with Crippen LogP contribution in [0.5, 0.6) is 0 Å². The van der Waals surface area contributed by atoms with Gasteiger partial charge in [-0.2, -0.15) is 0 Å². The Hall–Kier alpha value is -1.36. The number of rotatable bonds is 3. The van der Waals surface area contributed by atoms with Crippen molar-refractivity contribution in [2.75, 3.05) is 24.6 Å². The molecule has 92 valence electrons. The van der Waals surface area contributed by atoms with Gasteiger partial charge in [0.25, 0.3) is 5.56 Å².